The van der Waals surface area contributed by atoms with Gasteiger partial charge < -0.3 is 26.2 Å². The van der Waals surface area contributed by atoms with E-state index in [-0.39, 0.29) is 0 Å². The fourth-order valence-electron chi connectivity index (χ4n) is 2.60. The summed E-state index contributed by atoms with van der Waals surface area (Å²) in [7, 11) is 0. The number of rotatable bonds is 2. The van der Waals surface area contributed by atoms with Crippen molar-refractivity contribution in [3.8, 4) is 0 Å². The molecule has 2 fully saturated rings. The summed E-state index contributed by atoms with van der Waals surface area (Å²) in [5, 5.41) is 17.7. The maximum atomic E-state index is 11.1. The number of pyridine rings is 1. The average molecular weight is 446 g/mol. The van der Waals surface area contributed by atoms with E-state index in [0.717, 1.165) is 18.8 Å². The highest BCUT2D eigenvalue weighted by atomic mass is 19.4. The quantitative estimate of drug-likeness (QED) is 0.493. The predicted octanol–water partition coefficient (Wildman–Crippen LogP) is 0.998. The minimum atomic E-state index is -5.08. The molecule has 0 radical (unpaired) electrons. The number of nitrogens with one attached hydrogen (secondary N) is 1. The van der Waals surface area contributed by atoms with Gasteiger partial charge in [0.05, 0.1) is 17.4 Å². The molecule has 2 saturated heterocycles. The summed E-state index contributed by atoms with van der Waals surface area (Å²) in [4.78, 5) is 35.2. The van der Waals surface area contributed by atoms with Gasteiger partial charge in [-0.3, -0.25) is 9.78 Å². The van der Waals surface area contributed by atoms with Crippen molar-refractivity contribution in [2.45, 2.75) is 30.9 Å². The topological polar surface area (TPSA) is 146 Å². The molecule has 0 spiro atoms. The van der Waals surface area contributed by atoms with E-state index in [1.807, 2.05) is 6.07 Å². The van der Waals surface area contributed by atoms with Crippen molar-refractivity contribution in [1.29, 1.82) is 0 Å². The molecule has 168 valence electrons. The van der Waals surface area contributed by atoms with Gasteiger partial charge in [-0.05, 0) is 12.5 Å². The Balaban J connectivity index is 0.000000271. The SMILES string of the molecule is NC(=O)c1cncc(N2C[C@H]3C[C@@H]2CN3)c1.O=C(O)C(F)(F)F.O=C(O)C(F)(F)F. The Morgan fingerprint density at radius 3 is 1.90 bits per heavy atom. The van der Waals surface area contributed by atoms with E-state index in [9.17, 15) is 31.1 Å². The van der Waals surface area contributed by atoms with Gasteiger partial charge in [-0.15, -0.1) is 0 Å². The molecular formula is C15H16F6N4O5. The van der Waals surface area contributed by atoms with Crippen LogP contribution in [0.25, 0.3) is 0 Å². The summed E-state index contributed by atoms with van der Waals surface area (Å²) in [5.41, 5.74) is 6.73. The van der Waals surface area contributed by atoms with Crippen LogP contribution in [0.1, 0.15) is 16.8 Å². The van der Waals surface area contributed by atoms with E-state index in [2.05, 4.69) is 15.2 Å². The van der Waals surface area contributed by atoms with E-state index in [0.29, 0.717) is 17.6 Å². The molecule has 1 aromatic rings. The number of primary amides is 1. The second-order valence-electron chi connectivity index (χ2n) is 6.05. The lowest BCUT2D eigenvalue weighted by Crippen LogP contribution is -2.43. The Kier molecular flexibility index (Phi) is 7.98. The van der Waals surface area contributed by atoms with Crippen molar-refractivity contribution < 1.29 is 50.9 Å². The highest BCUT2D eigenvalue weighted by Gasteiger charge is 2.39. The number of halogens is 6. The predicted molar refractivity (Wildman–Crippen MR) is 87.7 cm³/mol. The summed E-state index contributed by atoms with van der Waals surface area (Å²) in [6.45, 7) is 2.01. The number of aliphatic carboxylic acids is 2. The number of anilines is 1. The van der Waals surface area contributed by atoms with E-state index in [4.69, 9.17) is 25.5 Å². The van der Waals surface area contributed by atoms with E-state index >= 15 is 0 Å². The van der Waals surface area contributed by atoms with Gasteiger partial charge in [0, 0.05) is 31.4 Å². The highest BCUT2D eigenvalue weighted by molar-refractivity contribution is 5.93. The van der Waals surface area contributed by atoms with Gasteiger partial charge in [0.15, 0.2) is 0 Å². The van der Waals surface area contributed by atoms with Gasteiger partial charge in [-0.2, -0.15) is 26.3 Å². The van der Waals surface area contributed by atoms with Crippen LogP contribution in [-0.4, -0.2) is 70.6 Å². The van der Waals surface area contributed by atoms with Crippen molar-refractivity contribution in [2.75, 3.05) is 18.0 Å². The van der Waals surface area contributed by atoms with Gasteiger partial charge >= 0.3 is 24.3 Å². The lowest BCUT2D eigenvalue weighted by molar-refractivity contribution is -0.193. The lowest BCUT2D eigenvalue weighted by atomic mass is 10.2. The van der Waals surface area contributed by atoms with Crippen molar-refractivity contribution in [3.63, 3.8) is 0 Å². The largest absolute Gasteiger partial charge is 0.490 e. The van der Waals surface area contributed by atoms with Crippen molar-refractivity contribution >= 4 is 23.5 Å². The molecule has 2 atom stereocenters. The maximum absolute atomic E-state index is 11.1. The van der Waals surface area contributed by atoms with Crippen molar-refractivity contribution in [3.05, 3.63) is 24.0 Å². The molecule has 1 amide bonds. The van der Waals surface area contributed by atoms with Crippen LogP contribution < -0.4 is 16.0 Å². The standard InChI is InChI=1S/C11H14N4O.2C2HF3O2/c12-11(16)7-1-9(4-13-3-7)15-6-8-2-10(15)5-14-8;2*3-2(4,5)1(6)7/h1,3-4,8,10,14H,2,5-6H2,(H2,12,16);2*(H,6,7)/t8-,10-;;/m1../s1. The summed E-state index contributed by atoms with van der Waals surface area (Å²) >= 11 is 0. The number of hydrogen-bond acceptors (Lipinski definition) is 6. The molecule has 3 heterocycles. The first kappa shape index (κ1) is 24.9. The molecule has 0 aliphatic carbocycles. The number of aromatic nitrogens is 1. The molecule has 0 unspecified atom stereocenters. The number of piperazine rings is 1. The van der Waals surface area contributed by atoms with Crippen molar-refractivity contribution in [1.82, 2.24) is 10.3 Å². The molecule has 2 aliphatic heterocycles. The Hall–Kier alpha value is -3.10. The summed E-state index contributed by atoms with van der Waals surface area (Å²) in [5.74, 6) is -5.93. The zero-order chi connectivity index (χ0) is 23.3. The molecule has 3 rings (SSSR count). The lowest BCUT2D eigenvalue weighted by Gasteiger charge is -2.29. The molecule has 30 heavy (non-hydrogen) atoms. The second-order valence-corrected chi connectivity index (χ2v) is 6.05. The smallest absolute Gasteiger partial charge is 0.475 e. The number of carboxylic acids is 2. The van der Waals surface area contributed by atoms with Crippen LogP contribution in [0.15, 0.2) is 18.5 Å². The molecule has 0 saturated carbocycles. The Morgan fingerprint density at radius 1 is 1.07 bits per heavy atom. The molecule has 2 aliphatic rings. The number of carbonyl (C=O) groups is 3. The van der Waals surface area contributed by atoms with Crippen LogP contribution in [0.3, 0.4) is 0 Å². The summed E-state index contributed by atoms with van der Waals surface area (Å²) in [6.07, 6.45) is -5.67. The number of nitrogens with zero attached hydrogens (tertiary/aromatic N) is 2. The third kappa shape index (κ3) is 7.38. The van der Waals surface area contributed by atoms with E-state index < -0.39 is 30.2 Å². The Bertz CT molecular complexity index is 762. The molecule has 5 N–H and O–H groups in total. The van der Waals surface area contributed by atoms with Gasteiger partial charge in [-0.1, -0.05) is 0 Å². The number of fused-ring (bicyclic) bond motifs is 2. The molecule has 1 aromatic heterocycles. The number of amides is 1. The Morgan fingerprint density at radius 2 is 1.57 bits per heavy atom. The molecule has 9 nitrogen and oxygen atoms in total. The molecule has 2 bridgehead atoms. The van der Waals surface area contributed by atoms with Gasteiger partial charge in [0.1, 0.15) is 0 Å². The monoisotopic (exact) mass is 446 g/mol. The number of carboxylic acid groups (broad SMARTS) is 2. The first-order chi connectivity index (χ1) is 13.6. The van der Waals surface area contributed by atoms with Crippen LogP contribution in [0, 0.1) is 0 Å². The second kappa shape index (κ2) is 9.60. The molecular weight excluding hydrogens is 430 g/mol. The fraction of sp³-hybridized carbons (Fsp3) is 0.467. The number of nitrogens with two attached hydrogens (primary N) is 1. The number of hydrogen-bond donors (Lipinski definition) is 4. The van der Waals surface area contributed by atoms with E-state index in [1.165, 1.54) is 12.6 Å². The van der Waals surface area contributed by atoms with Crippen LogP contribution in [0.2, 0.25) is 0 Å². The van der Waals surface area contributed by atoms with Gasteiger partial charge in [0.2, 0.25) is 5.91 Å². The first-order valence-electron chi connectivity index (χ1n) is 7.98. The fourth-order valence-corrected chi connectivity index (χ4v) is 2.60. The summed E-state index contributed by atoms with van der Waals surface area (Å²) < 4.78 is 63.5. The van der Waals surface area contributed by atoms with Crippen LogP contribution in [0.5, 0.6) is 0 Å². The summed E-state index contributed by atoms with van der Waals surface area (Å²) in [6, 6.07) is 2.95. The zero-order valence-corrected chi connectivity index (χ0v) is 14.9. The van der Waals surface area contributed by atoms with Gasteiger partial charge in [-0.25, -0.2) is 9.59 Å². The molecule has 15 heteroatoms. The van der Waals surface area contributed by atoms with Crippen molar-refractivity contribution in [2.24, 2.45) is 5.73 Å². The Labute approximate surface area is 164 Å². The van der Waals surface area contributed by atoms with Crippen LogP contribution in [-0.2, 0) is 9.59 Å². The normalized spacial score (nSPS) is 19.9. The zero-order valence-electron chi connectivity index (χ0n) is 14.9. The van der Waals surface area contributed by atoms with E-state index in [1.54, 1.807) is 6.20 Å². The first-order valence-corrected chi connectivity index (χ1v) is 7.98. The number of carbonyl (C=O) groups excluding carboxylic acids is 1. The van der Waals surface area contributed by atoms with Crippen LogP contribution >= 0.6 is 0 Å². The number of alkyl halides is 6. The maximum Gasteiger partial charge on any atom is 0.490 e. The molecule has 0 aromatic carbocycles. The van der Waals surface area contributed by atoms with Crippen LogP contribution in [0.4, 0.5) is 32.0 Å². The third-order valence-corrected chi connectivity index (χ3v) is 3.88. The van der Waals surface area contributed by atoms with Gasteiger partial charge in [0.25, 0.3) is 0 Å². The minimum Gasteiger partial charge on any atom is -0.475 e. The third-order valence-electron chi connectivity index (χ3n) is 3.88. The minimum absolute atomic E-state index is 0.420. The highest BCUT2D eigenvalue weighted by Crippen LogP contribution is 2.29. The average Bonchev–Trinajstić information content (AvgIpc) is 3.24.